The number of hydrogen-bond acceptors (Lipinski definition) is 3. The van der Waals surface area contributed by atoms with Crippen molar-refractivity contribution in [2.75, 3.05) is 6.54 Å². The summed E-state index contributed by atoms with van der Waals surface area (Å²) in [4.78, 5) is 4.51. The molecule has 1 unspecified atom stereocenters. The smallest absolute Gasteiger partial charge is 0.0955 e. The first-order valence-electron chi connectivity index (χ1n) is 6.15. The van der Waals surface area contributed by atoms with Crippen LogP contribution < -0.4 is 5.32 Å². The van der Waals surface area contributed by atoms with E-state index in [4.69, 9.17) is 0 Å². The summed E-state index contributed by atoms with van der Waals surface area (Å²) >= 11 is 7.00. The first-order valence-corrected chi connectivity index (χ1v) is 7.74. The van der Waals surface area contributed by atoms with Crippen molar-refractivity contribution in [3.8, 4) is 0 Å². The topological polar surface area (TPSA) is 42.7 Å². The van der Waals surface area contributed by atoms with E-state index in [9.17, 15) is 0 Å². The van der Waals surface area contributed by atoms with Crippen LogP contribution in [0.5, 0.6) is 0 Å². The molecule has 0 saturated heterocycles. The summed E-state index contributed by atoms with van der Waals surface area (Å²) in [5.41, 5.74) is 1.93. The molecule has 19 heavy (non-hydrogen) atoms. The van der Waals surface area contributed by atoms with E-state index in [1.54, 1.807) is 0 Å². The van der Waals surface area contributed by atoms with Gasteiger partial charge in [0, 0.05) is 28.4 Å². The van der Waals surface area contributed by atoms with Crippen molar-refractivity contribution in [2.24, 2.45) is 7.05 Å². The average molecular weight is 388 g/mol. The third-order valence-corrected chi connectivity index (χ3v) is 3.81. The fraction of sp³-hybridized carbons (Fsp3) is 0.385. The van der Waals surface area contributed by atoms with Crippen LogP contribution in [0.2, 0.25) is 0 Å². The number of nitrogens with zero attached hydrogens (tertiary/aromatic N) is 3. The fourth-order valence-electron chi connectivity index (χ4n) is 1.85. The third kappa shape index (κ3) is 3.64. The van der Waals surface area contributed by atoms with Gasteiger partial charge in [0.2, 0.25) is 0 Å². The van der Waals surface area contributed by atoms with E-state index in [-0.39, 0.29) is 6.04 Å². The number of aromatic nitrogens is 3. The Bertz CT molecular complexity index is 553. The van der Waals surface area contributed by atoms with Crippen molar-refractivity contribution in [3.63, 3.8) is 0 Å². The molecule has 2 rings (SSSR count). The van der Waals surface area contributed by atoms with Crippen LogP contribution in [0.4, 0.5) is 0 Å². The van der Waals surface area contributed by atoms with Crippen LogP contribution in [0.1, 0.15) is 30.8 Å². The highest BCUT2D eigenvalue weighted by Gasteiger charge is 2.20. The predicted molar refractivity (Wildman–Crippen MR) is 83.0 cm³/mol. The molecule has 1 atom stereocenters. The molecule has 0 radical (unpaired) electrons. The molecule has 0 spiro atoms. The Kier molecular flexibility index (Phi) is 5.13. The van der Waals surface area contributed by atoms with Crippen LogP contribution in [0.15, 0.2) is 33.5 Å². The Morgan fingerprint density at radius 1 is 1.42 bits per heavy atom. The zero-order valence-electron chi connectivity index (χ0n) is 10.9. The Hall–Kier alpha value is -0.720. The Morgan fingerprint density at radius 3 is 2.79 bits per heavy atom. The van der Waals surface area contributed by atoms with Crippen LogP contribution in [0.3, 0.4) is 0 Å². The van der Waals surface area contributed by atoms with Gasteiger partial charge in [0.1, 0.15) is 0 Å². The molecule has 6 heteroatoms. The van der Waals surface area contributed by atoms with Crippen molar-refractivity contribution in [3.05, 3.63) is 44.9 Å². The summed E-state index contributed by atoms with van der Waals surface area (Å²) in [5.74, 6) is 0. The van der Waals surface area contributed by atoms with Crippen LogP contribution in [-0.2, 0) is 7.05 Å². The Labute approximate surface area is 129 Å². The predicted octanol–water partition coefficient (Wildman–Crippen LogP) is 3.43. The van der Waals surface area contributed by atoms with Gasteiger partial charge in [-0.3, -0.25) is 9.67 Å². The number of pyridine rings is 1. The molecule has 2 aromatic heterocycles. The summed E-state index contributed by atoms with van der Waals surface area (Å²) < 4.78 is 3.74. The SMILES string of the molecule is CCCNC(c1ccn(C)n1)c1ncc(Br)cc1Br. The first kappa shape index (κ1) is 14.7. The lowest BCUT2D eigenvalue weighted by atomic mass is 10.1. The number of rotatable bonds is 5. The highest BCUT2D eigenvalue weighted by Crippen LogP contribution is 2.28. The minimum absolute atomic E-state index is 0.00336. The second-order valence-electron chi connectivity index (χ2n) is 4.32. The highest BCUT2D eigenvalue weighted by atomic mass is 79.9. The lowest BCUT2D eigenvalue weighted by molar-refractivity contribution is 0.562. The van der Waals surface area contributed by atoms with Gasteiger partial charge in [0.25, 0.3) is 0 Å². The fourth-order valence-corrected chi connectivity index (χ4v) is 3.07. The lowest BCUT2D eigenvalue weighted by Gasteiger charge is -2.17. The number of aryl methyl sites for hydroxylation is 1. The molecule has 2 aromatic rings. The molecule has 0 bridgehead atoms. The third-order valence-electron chi connectivity index (χ3n) is 2.74. The van der Waals surface area contributed by atoms with Gasteiger partial charge < -0.3 is 5.32 Å². The van der Waals surface area contributed by atoms with E-state index < -0.39 is 0 Å². The molecule has 4 nitrogen and oxygen atoms in total. The van der Waals surface area contributed by atoms with Crippen molar-refractivity contribution in [2.45, 2.75) is 19.4 Å². The van der Waals surface area contributed by atoms with Crippen molar-refractivity contribution < 1.29 is 0 Å². The maximum absolute atomic E-state index is 4.51. The van der Waals surface area contributed by atoms with E-state index >= 15 is 0 Å². The van der Waals surface area contributed by atoms with Crippen LogP contribution in [0, 0.1) is 0 Å². The van der Waals surface area contributed by atoms with Gasteiger partial charge in [0.15, 0.2) is 0 Å². The second kappa shape index (κ2) is 6.63. The van der Waals surface area contributed by atoms with E-state index in [2.05, 4.69) is 54.2 Å². The number of halogens is 2. The summed E-state index contributed by atoms with van der Waals surface area (Å²) in [5, 5.41) is 7.98. The van der Waals surface area contributed by atoms with Crippen LogP contribution >= 0.6 is 31.9 Å². The summed E-state index contributed by atoms with van der Waals surface area (Å²) in [6, 6.07) is 4.03. The zero-order valence-corrected chi connectivity index (χ0v) is 14.1. The zero-order chi connectivity index (χ0) is 13.8. The number of hydrogen-bond donors (Lipinski definition) is 1. The number of nitrogens with one attached hydrogen (secondary N) is 1. The maximum atomic E-state index is 4.51. The molecule has 0 aromatic carbocycles. The largest absolute Gasteiger partial charge is 0.304 e. The molecule has 1 N–H and O–H groups in total. The minimum atomic E-state index is 0.00336. The van der Waals surface area contributed by atoms with Gasteiger partial charge in [-0.1, -0.05) is 6.92 Å². The van der Waals surface area contributed by atoms with E-state index in [1.165, 1.54) is 0 Å². The van der Waals surface area contributed by atoms with E-state index in [0.29, 0.717) is 0 Å². The van der Waals surface area contributed by atoms with Gasteiger partial charge in [-0.05, 0) is 57.0 Å². The molecule has 2 heterocycles. The van der Waals surface area contributed by atoms with Gasteiger partial charge in [-0.25, -0.2) is 0 Å². The molecular formula is C13H16Br2N4. The molecule has 0 aliphatic heterocycles. The van der Waals surface area contributed by atoms with Gasteiger partial charge in [0.05, 0.1) is 17.4 Å². The second-order valence-corrected chi connectivity index (χ2v) is 6.09. The molecular weight excluding hydrogens is 372 g/mol. The molecule has 102 valence electrons. The van der Waals surface area contributed by atoms with Crippen molar-refractivity contribution >= 4 is 31.9 Å². The van der Waals surface area contributed by atoms with Crippen LogP contribution in [-0.4, -0.2) is 21.3 Å². The summed E-state index contributed by atoms with van der Waals surface area (Å²) in [6.45, 7) is 3.07. The maximum Gasteiger partial charge on any atom is 0.0955 e. The Balaban J connectivity index is 2.36. The average Bonchev–Trinajstić information content (AvgIpc) is 2.78. The summed E-state index contributed by atoms with van der Waals surface area (Å²) in [7, 11) is 1.92. The minimum Gasteiger partial charge on any atom is -0.304 e. The van der Waals surface area contributed by atoms with Crippen LogP contribution in [0.25, 0.3) is 0 Å². The Morgan fingerprint density at radius 2 is 2.21 bits per heavy atom. The highest BCUT2D eigenvalue weighted by molar-refractivity contribution is 9.11. The van der Waals surface area contributed by atoms with Gasteiger partial charge >= 0.3 is 0 Å². The molecule has 0 aliphatic rings. The lowest BCUT2D eigenvalue weighted by Crippen LogP contribution is -2.25. The van der Waals surface area contributed by atoms with Crippen molar-refractivity contribution in [1.82, 2.24) is 20.1 Å². The summed E-state index contributed by atoms with van der Waals surface area (Å²) in [6.07, 6.45) is 4.82. The van der Waals surface area contributed by atoms with Crippen molar-refractivity contribution in [1.29, 1.82) is 0 Å². The normalized spacial score (nSPS) is 12.6. The molecule has 0 amide bonds. The quantitative estimate of drug-likeness (QED) is 0.854. The standard InChI is InChI=1S/C13H16Br2N4/c1-3-5-16-13(11-4-6-19(2)18-11)12-10(15)7-9(14)8-17-12/h4,6-8,13,16H,3,5H2,1-2H3. The molecule has 0 saturated carbocycles. The monoisotopic (exact) mass is 386 g/mol. The molecule has 0 fully saturated rings. The first-order chi connectivity index (χ1) is 9.11. The molecule has 0 aliphatic carbocycles. The van der Waals surface area contributed by atoms with Gasteiger partial charge in [-0.15, -0.1) is 0 Å². The van der Waals surface area contributed by atoms with Gasteiger partial charge in [-0.2, -0.15) is 5.10 Å². The van der Waals surface area contributed by atoms with E-state index in [1.807, 2.05) is 36.3 Å². The van der Waals surface area contributed by atoms with E-state index in [0.717, 1.165) is 33.3 Å².